The van der Waals surface area contributed by atoms with Gasteiger partial charge in [-0.05, 0) is 48.6 Å². The highest BCUT2D eigenvalue weighted by molar-refractivity contribution is 7.99. The van der Waals surface area contributed by atoms with E-state index in [4.69, 9.17) is 16.3 Å². The Bertz CT molecular complexity index is 1150. The molecule has 0 aliphatic carbocycles. The van der Waals surface area contributed by atoms with Crippen LogP contribution in [0.2, 0.25) is 5.02 Å². The lowest BCUT2D eigenvalue weighted by atomic mass is 10.2. The van der Waals surface area contributed by atoms with E-state index in [1.807, 2.05) is 42.6 Å². The summed E-state index contributed by atoms with van der Waals surface area (Å²) in [6.07, 6.45) is 0.831. The number of fused-ring (bicyclic) bond motifs is 1. The lowest BCUT2D eigenvalue weighted by molar-refractivity contribution is 0.318. The van der Waals surface area contributed by atoms with Gasteiger partial charge in [0.25, 0.3) is 5.56 Å². The van der Waals surface area contributed by atoms with Gasteiger partial charge in [0.2, 0.25) is 0 Å². The van der Waals surface area contributed by atoms with Gasteiger partial charge in [0.05, 0.1) is 11.5 Å². The topological polar surface area (TPSA) is 72.3 Å². The maximum absolute atomic E-state index is 11.7. The summed E-state index contributed by atoms with van der Waals surface area (Å²) in [7, 11) is 0. The molecule has 6 nitrogen and oxygen atoms in total. The number of aromatic nitrogens is 4. The van der Waals surface area contributed by atoms with Gasteiger partial charge in [0.1, 0.15) is 5.75 Å². The number of rotatable bonds is 7. The Morgan fingerprint density at radius 1 is 1.29 bits per heavy atom. The third-order valence-corrected chi connectivity index (χ3v) is 6.30. The molecule has 3 aromatic heterocycles. The van der Waals surface area contributed by atoms with Crippen LogP contribution >= 0.6 is 34.7 Å². The molecule has 28 heavy (non-hydrogen) atoms. The average Bonchev–Trinajstić information content (AvgIpc) is 3.33. The number of ether oxygens (including phenoxy) is 1. The first kappa shape index (κ1) is 19.0. The number of thioether (sulfide) groups is 1. The molecule has 4 rings (SSSR count). The lowest BCUT2D eigenvalue weighted by Gasteiger charge is -2.08. The highest BCUT2D eigenvalue weighted by Crippen LogP contribution is 2.25. The van der Waals surface area contributed by atoms with Crippen LogP contribution in [0.25, 0.3) is 16.3 Å². The predicted molar refractivity (Wildman–Crippen MR) is 114 cm³/mol. The van der Waals surface area contributed by atoms with Crippen LogP contribution in [0.15, 0.2) is 51.7 Å². The summed E-state index contributed by atoms with van der Waals surface area (Å²) < 4.78 is 7.42. The van der Waals surface area contributed by atoms with Gasteiger partial charge in [-0.2, -0.15) is 0 Å². The van der Waals surface area contributed by atoms with Crippen molar-refractivity contribution in [1.29, 1.82) is 0 Å². The monoisotopic (exact) mass is 432 g/mol. The summed E-state index contributed by atoms with van der Waals surface area (Å²) >= 11 is 9.16. The maximum Gasteiger partial charge on any atom is 0.266 e. The van der Waals surface area contributed by atoms with E-state index in [9.17, 15) is 4.79 Å². The van der Waals surface area contributed by atoms with E-state index in [0.717, 1.165) is 33.4 Å². The zero-order chi connectivity index (χ0) is 19.5. The van der Waals surface area contributed by atoms with Gasteiger partial charge in [-0.15, -0.1) is 11.3 Å². The van der Waals surface area contributed by atoms with Gasteiger partial charge in [0.15, 0.2) is 16.6 Å². The Morgan fingerprint density at radius 3 is 2.96 bits per heavy atom. The van der Waals surface area contributed by atoms with E-state index >= 15 is 0 Å². The molecule has 0 radical (unpaired) electrons. The summed E-state index contributed by atoms with van der Waals surface area (Å²) in [6.45, 7) is 2.54. The molecule has 3 heterocycles. The van der Waals surface area contributed by atoms with Crippen LogP contribution in [0.5, 0.6) is 5.75 Å². The lowest BCUT2D eigenvalue weighted by Crippen LogP contribution is -2.05. The Morgan fingerprint density at radius 2 is 2.18 bits per heavy atom. The van der Waals surface area contributed by atoms with Gasteiger partial charge < -0.3 is 4.74 Å². The second-order valence-corrected chi connectivity index (χ2v) is 8.50. The molecule has 0 bridgehead atoms. The molecule has 144 valence electrons. The molecule has 0 aliphatic heterocycles. The summed E-state index contributed by atoms with van der Waals surface area (Å²) in [5, 5.41) is 6.17. The molecular formula is C19H17ClN4O2S2. The fourth-order valence-corrected chi connectivity index (χ4v) is 4.26. The van der Waals surface area contributed by atoms with Gasteiger partial charge in [-0.25, -0.2) is 14.5 Å². The van der Waals surface area contributed by atoms with Crippen molar-refractivity contribution >= 4 is 40.3 Å². The largest absolute Gasteiger partial charge is 0.494 e. The Hall–Kier alpha value is -2.29. The molecule has 0 aliphatic rings. The number of hydrogen-bond donors (Lipinski definition) is 1. The maximum atomic E-state index is 11.7. The summed E-state index contributed by atoms with van der Waals surface area (Å²) in [4.78, 5) is 21.8. The number of aryl methyl sites for hydroxylation is 1. The van der Waals surface area contributed by atoms with E-state index in [0.29, 0.717) is 23.2 Å². The summed E-state index contributed by atoms with van der Waals surface area (Å²) in [5.41, 5.74) is 1.37. The van der Waals surface area contributed by atoms with E-state index in [2.05, 4.69) is 15.1 Å². The van der Waals surface area contributed by atoms with Crippen LogP contribution in [-0.2, 0) is 0 Å². The molecular weight excluding hydrogens is 416 g/mol. The fourth-order valence-electron chi connectivity index (χ4n) is 2.62. The highest BCUT2D eigenvalue weighted by atomic mass is 35.5. The van der Waals surface area contributed by atoms with E-state index < -0.39 is 0 Å². The molecule has 9 heteroatoms. The van der Waals surface area contributed by atoms with Crippen molar-refractivity contribution in [3.05, 3.63) is 62.7 Å². The molecule has 0 unspecified atom stereocenters. The van der Waals surface area contributed by atoms with E-state index in [1.54, 1.807) is 27.6 Å². The zero-order valence-electron chi connectivity index (χ0n) is 15.0. The molecule has 0 amide bonds. The minimum absolute atomic E-state index is 0.194. The van der Waals surface area contributed by atoms with Crippen LogP contribution in [0.3, 0.4) is 0 Å². The Labute approximate surface area is 174 Å². The van der Waals surface area contributed by atoms with Crippen LogP contribution in [0.1, 0.15) is 12.0 Å². The van der Waals surface area contributed by atoms with Crippen molar-refractivity contribution in [3.63, 3.8) is 0 Å². The van der Waals surface area contributed by atoms with Gasteiger partial charge in [-0.3, -0.25) is 9.89 Å². The smallest absolute Gasteiger partial charge is 0.266 e. The number of hydrogen-bond acceptors (Lipinski definition) is 6. The number of aromatic amines is 1. The number of nitrogens with zero attached hydrogens (tertiary/aromatic N) is 3. The fraction of sp³-hybridized carbons (Fsp3) is 0.211. The third kappa shape index (κ3) is 4.24. The van der Waals surface area contributed by atoms with Crippen LogP contribution in [0.4, 0.5) is 0 Å². The molecule has 0 saturated carbocycles. The minimum atomic E-state index is -0.194. The number of benzene rings is 1. The van der Waals surface area contributed by atoms with Crippen LogP contribution in [-0.4, -0.2) is 31.9 Å². The normalized spacial score (nSPS) is 11.2. The van der Waals surface area contributed by atoms with Crippen molar-refractivity contribution in [2.75, 3.05) is 12.4 Å². The van der Waals surface area contributed by atoms with Crippen molar-refractivity contribution < 1.29 is 4.74 Å². The first-order valence-corrected chi connectivity index (χ1v) is 10.9. The molecule has 0 atom stereocenters. The van der Waals surface area contributed by atoms with Crippen molar-refractivity contribution in [1.82, 2.24) is 19.6 Å². The number of nitrogens with one attached hydrogen (secondary N) is 1. The molecule has 0 spiro atoms. The summed E-state index contributed by atoms with van der Waals surface area (Å²) in [6, 6.07) is 11.1. The SMILES string of the molecule is Cc1cc(OCCCSc2nc(-c3cccs3)nc3cc(=O)[nH]n23)ccc1Cl. The van der Waals surface area contributed by atoms with E-state index in [-0.39, 0.29) is 5.56 Å². The number of thiophene rings is 1. The number of H-pyrrole nitrogens is 1. The van der Waals surface area contributed by atoms with Crippen molar-refractivity contribution in [2.24, 2.45) is 0 Å². The van der Waals surface area contributed by atoms with Crippen LogP contribution < -0.4 is 10.3 Å². The van der Waals surface area contributed by atoms with Crippen molar-refractivity contribution in [3.8, 4) is 16.5 Å². The zero-order valence-corrected chi connectivity index (χ0v) is 17.4. The second kappa shape index (κ2) is 8.38. The van der Waals surface area contributed by atoms with Gasteiger partial charge in [-0.1, -0.05) is 29.4 Å². The third-order valence-electron chi connectivity index (χ3n) is 3.98. The quantitative estimate of drug-likeness (QED) is 0.339. The average molecular weight is 433 g/mol. The molecule has 4 aromatic rings. The number of halogens is 1. The second-order valence-electron chi connectivity index (χ2n) is 6.08. The van der Waals surface area contributed by atoms with Crippen molar-refractivity contribution in [2.45, 2.75) is 18.5 Å². The first-order chi connectivity index (χ1) is 13.6. The molecule has 1 N–H and O–H groups in total. The summed E-state index contributed by atoms with van der Waals surface area (Å²) in [5.74, 6) is 2.23. The highest BCUT2D eigenvalue weighted by Gasteiger charge is 2.12. The minimum Gasteiger partial charge on any atom is -0.494 e. The van der Waals surface area contributed by atoms with E-state index in [1.165, 1.54) is 6.07 Å². The first-order valence-electron chi connectivity index (χ1n) is 8.65. The molecule has 0 saturated heterocycles. The predicted octanol–water partition coefficient (Wildman–Crippen LogP) is 4.67. The standard InChI is InChI=1S/C19H17ClN4O2S2/c1-12-10-13(5-6-14(12)20)26-7-3-9-28-19-22-18(15-4-2-8-27-15)21-16-11-17(25)23-24(16)19/h2,4-6,8,10-11H,3,7,9H2,1H3,(H,23,25). The molecule has 0 fully saturated rings. The Kier molecular flexibility index (Phi) is 5.70. The Balaban J connectivity index is 1.42. The van der Waals surface area contributed by atoms with Crippen LogP contribution in [0, 0.1) is 6.92 Å². The van der Waals surface area contributed by atoms with Gasteiger partial charge in [0, 0.05) is 16.8 Å². The molecule has 1 aromatic carbocycles. The van der Waals surface area contributed by atoms with Gasteiger partial charge >= 0.3 is 0 Å².